The van der Waals surface area contributed by atoms with Gasteiger partial charge in [0.05, 0.1) is 10.8 Å². The first-order valence-corrected chi connectivity index (χ1v) is 10.0. The van der Waals surface area contributed by atoms with Gasteiger partial charge in [-0.3, -0.25) is 19.3 Å². The predicted molar refractivity (Wildman–Crippen MR) is 108 cm³/mol. The fourth-order valence-corrected chi connectivity index (χ4v) is 4.66. The Balaban J connectivity index is 1.70. The number of likely N-dealkylation sites (tertiary alicyclic amines) is 1. The van der Waals surface area contributed by atoms with Crippen LogP contribution < -0.4 is 0 Å². The number of carbonyl (C=O) groups excluding carboxylic acids is 2. The molecule has 148 valence electrons. The molecule has 0 aliphatic carbocycles. The number of rotatable bonds is 4. The first kappa shape index (κ1) is 20.5. The molecule has 1 aromatic rings. The van der Waals surface area contributed by atoms with E-state index in [1.54, 1.807) is 30.0 Å². The van der Waals surface area contributed by atoms with Crippen molar-refractivity contribution in [1.82, 2.24) is 9.80 Å². The summed E-state index contributed by atoms with van der Waals surface area (Å²) in [6, 6.07) is 4.96. The molecule has 2 fully saturated rings. The van der Waals surface area contributed by atoms with Gasteiger partial charge in [-0.15, -0.1) is 0 Å². The second kappa shape index (κ2) is 8.40. The van der Waals surface area contributed by atoms with Crippen molar-refractivity contribution in [2.45, 2.75) is 25.8 Å². The largest absolute Gasteiger partial charge is 0.481 e. The highest BCUT2D eigenvalue weighted by molar-refractivity contribution is 8.26. The van der Waals surface area contributed by atoms with Crippen molar-refractivity contribution in [2.75, 3.05) is 13.1 Å². The van der Waals surface area contributed by atoms with Crippen molar-refractivity contribution in [1.29, 1.82) is 0 Å². The fraction of sp³-hybridized carbons (Fsp3) is 0.368. The number of carboxylic acid groups (broad SMARTS) is 1. The van der Waals surface area contributed by atoms with E-state index >= 15 is 0 Å². The summed E-state index contributed by atoms with van der Waals surface area (Å²) in [5.41, 5.74) is 0.664. The first-order chi connectivity index (χ1) is 13.3. The Morgan fingerprint density at radius 2 is 1.89 bits per heavy atom. The monoisotopic (exact) mass is 422 g/mol. The van der Waals surface area contributed by atoms with Crippen LogP contribution in [0, 0.1) is 11.7 Å². The quantitative estimate of drug-likeness (QED) is 0.594. The molecule has 2 aliphatic rings. The molecule has 0 bridgehead atoms. The molecule has 0 aromatic heterocycles. The van der Waals surface area contributed by atoms with E-state index in [0.717, 1.165) is 11.8 Å². The van der Waals surface area contributed by atoms with Gasteiger partial charge in [0, 0.05) is 13.1 Å². The zero-order chi connectivity index (χ0) is 20.4. The molecular formula is C19H19FN2O4S2. The van der Waals surface area contributed by atoms with Gasteiger partial charge in [0.25, 0.3) is 5.91 Å². The fourth-order valence-electron chi connectivity index (χ4n) is 3.25. The number of thioether (sulfide) groups is 1. The first-order valence-electron chi connectivity index (χ1n) is 8.82. The number of benzene rings is 1. The summed E-state index contributed by atoms with van der Waals surface area (Å²) in [6.45, 7) is 2.32. The summed E-state index contributed by atoms with van der Waals surface area (Å²) in [5, 5.41) is 9.08. The maximum absolute atomic E-state index is 13.0. The van der Waals surface area contributed by atoms with Gasteiger partial charge in [0.1, 0.15) is 16.2 Å². The van der Waals surface area contributed by atoms with E-state index in [0.29, 0.717) is 40.7 Å². The minimum absolute atomic E-state index is 0.247. The van der Waals surface area contributed by atoms with Crippen molar-refractivity contribution in [3.63, 3.8) is 0 Å². The van der Waals surface area contributed by atoms with Crippen LogP contribution >= 0.6 is 24.0 Å². The molecule has 0 radical (unpaired) electrons. The number of carboxylic acids is 1. The Labute approximate surface area is 171 Å². The summed E-state index contributed by atoms with van der Waals surface area (Å²) in [4.78, 5) is 39.9. The summed E-state index contributed by atoms with van der Waals surface area (Å²) in [5.74, 6) is -2.25. The van der Waals surface area contributed by atoms with Gasteiger partial charge in [0.15, 0.2) is 0 Å². The SMILES string of the molecule is CC(C(=O)N1CCC(C(=O)O)CC1)N1C(=O)C(=Cc2ccc(F)cc2)SC1=S. The molecule has 2 heterocycles. The van der Waals surface area contributed by atoms with E-state index < -0.39 is 17.9 Å². The highest BCUT2D eigenvalue weighted by Crippen LogP contribution is 2.34. The Kier molecular flexibility index (Phi) is 6.14. The number of amides is 2. The number of aliphatic carboxylic acids is 1. The minimum Gasteiger partial charge on any atom is -0.481 e. The predicted octanol–water partition coefficient (Wildman–Crippen LogP) is 2.74. The molecule has 1 atom stereocenters. The molecule has 2 amide bonds. The molecule has 28 heavy (non-hydrogen) atoms. The average Bonchev–Trinajstić information content (AvgIpc) is 2.95. The van der Waals surface area contributed by atoms with Crippen molar-refractivity contribution >= 4 is 52.2 Å². The van der Waals surface area contributed by atoms with Gasteiger partial charge < -0.3 is 10.0 Å². The number of thiocarbonyl (C=S) groups is 1. The highest BCUT2D eigenvalue weighted by Gasteiger charge is 2.40. The summed E-state index contributed by atoms with van der Waals surface area (Å²) in [6.07, 6.45) is 2.42. The zero-order valence-corrected chi connectivity index (χ0v) is 16.8. The molecule has 2 saturated heterocycles. The van der Waals surface area contributed by atoms with Gasteiger partial charge in [-0.2, -0.15) is 0 Å². The summed E-state index contributed by atoms with van der Waals surface area (Å²) < 4.78 is 13.3. The second-order valence-corrected chi connectivity index (χ2v) is 8.39. The Hall–Kier alpha value is -2.26. The van der Waals surface area contributed by atoms with Crippen molar-refractivity contribution in [3.05, 3.63) is 40.6 Å². The van der Waals surface area contributed by atoms with Crippen LogP contribution in [0.25, 0.3) is 6.08 Å². The van der Waals surface area contributed by atoms with E-state index in [-0.39, 0.29) is 17.6 Å². The number of hydrogen-bond donors (Lipinski definition) is 1. The molecule has 0 saturated carbocycles. The van der Waals surface area contributed by atoms with Crippen LogP contribution in [0.1, 0.15) is 25.3 Å². The van der Waals surface area contributed by atoms with Gasteiger partial charge in [-0.1, -0.05) is 36.1 Å². The summed E-state index contributed by atoms with van der Waals surface area (Å²) >= 11 is 6.40. The molecule has 0 spiro atoms. The second-order valence-electron chi connectivity index (χ2n) is 6.72. The summed E-state index contributed by atoms with van der Waals surface area (Å²) in [7, 11) is 0. The van der Waals surface area contributed by atoms with E-state index in [1.165, 1.54) is 17.0 Å². The molecule has 1 N–H and O–H groups in total. The molecule has 1 unspecified atom stereocenters. The van der Waals surface area contributed by atoms with Crippen LogP contribution in [0.4, 0.5) is 4.39 Å². The lowest BCUT2D eigenvalue weighted by atomic mass is 9.96. The van der Waals surface area contributed by atoms with Gasteiger partial charge in [0.2, 0.25) is 5.91 Å². The van der Waals surface area contributed by atoms with E-state index in [9.17, 15) is 18.8 Å². The van der Waals surface area contributed by atoms with Crippen molar-refractivity contribution < 1.29 is 23.9 Å². The van der Waals surface area contributed by atoms with Crippen molar-refractivity contribution in [3.8, 4) is 0 Å². The Morgan fingerprint density at radius 3 is 2.46 bits per heavy atom. The molecule has 3 rings (SSSR count). The number of hydrogen-bond acceptors (Lipinski definition) is 5. The number of nitrogens with zero attached hydrogens (tertiary/aromatic N) is 2. The average molecular weight is 423 g/mol. The lowest BCUT2D eigenvalue weighted by Gasteiger charge is -2.34. The van der Waals surface area contributed by atoms with Crippen LogP contribution in [0.5, 0.6) is 0 Å². The third-order valence-corrected chi connectivity index (χ3v) is 6.22. The van der Waals surface area contributed by atoms with Crippen LogP contribution in [-0.2, 0) is 14.4 Å². The topological polar surface area (TPSA) is 77.9 Å². The van der Waals surface area contributed by atoms with Crippen molar-refractivity contribution in [2.24, 2.45) is 5.92 Å². The molecular weight excluding hydrogens is 403 g/mol. The molecule has 2 aliphatic heterocycles. The van der Waals surface area contributed by atoms with Gasteiger partial charge >= 0.3 is 5.97 Å². The third-order valence-electron chi connectivity index (χ3n) is 4.89. The van der Waals surface area contributed by atoms with Crippen LogP contribution in [0.3, 0.4) is 0 Å². The standard InChI is InChI=1S/C19H19FN2O4S2/c1-11(16(23)21-8-6-13(7-9-21)18(25)26)22-17(24)15(28-19(22)27)10-12-2-4-14(20)5-3-12/h2-5,10-11,13H,6-9H2,1H3,(H,25,26). The Bertz CT molecular complexity index is 848. The van der Waals surface area contributed by atoms with Crippen LogP contribution in [-0.4, -0.2) is 56.1 Å². The number of halogens is 1. The van der Waals surface area contributed by atoms with Crippen LogP contribution in [0.2, 0.25) is 0 Å². The normalized spacial score (nSPS) is 20.7. The van der Waals surface area contributed by atoms with Gasteiger partial charge in [-0.05, 0) is 43.5 Å². The third kappa shape index (κ3) is 4.25. The van der Waals surface area contributed by atoms with Crippen LogP contribution in [0.15, 0.2) is 29.2 Å². The zero-order valence-electron chi connectivity index (χ0n) is 15.1. The lowest BCUT2D eigenvalue weighted by molar-refractivity contribution is -0.147. The highest BCUT2D eigenvalue weighted by atomic mass is 32.2. The van der Waals surface area contributed by atoms with Gasteiger partial charge in [-0.25, -0.2) is 4.39 Å². The minimum atomic E-state index is -0.844. The maximum atomic E-state index is 13.0. The van der Waals surface area contributed by atoms with E-state index in [4.69, 9.17) is 17.3 Å². The number of piperidine rings is 1. The molecule has 6 nitrogen and oxygen atoms in total. The lowest BCUT2D eigenvalue weighted by Crippen LogP contribution is -2.51. The maximum Gasteiger partial charge on any atom is 0.306 e. The smallest absolute Gasteiger partial charge is 0.306 e. The molecule has 9 heteroatoms. The van der Waals surface area contributed by atoms with E-state index in [2.05, 4.69) is 0 Å². The van der Waals surface area contributed by atoms with E-state index in [1.807, 2.05) is 0 Å². The Morgan fingerprint density at radius 1 is 1.29 bits per heavy atom. The number of carbonyl (C=O) groups is 3. The molecule has 1 aromatic carbocycles.